The third kappa shape index (κ3) is 4.98. The van der Waals surface area contributed by atoms with Crippen LogP contribution in [0, 0.1) is 11.7 Å². The lowest BCUT2D eigenvalue weighted by Gasteiger charge is -2.34. The number of hydrogen-bond acceptors (Lipinski definition) is 6. The summed E-state index contributed by atoms with van der Waals surface area (Å²) in [5, 5.41) is 0. The molecule has 0 saturated carbocycles. The van der Waals surface area contributed by atoms with Gasteiger partial charge in [0.1, 0.15) is 0 Å². The van der Waals surface area contributed by atoms with E-state index in [1.165, 1.54) is 6.07 Å². The number of carbonyl (C=O) groups is 1. The molecule has 8 heteroatoms. The first-order valence-corrected chi connectivity index (χ1v) is 9.60. The largest absolute Gasteiger partial charge is 0.491 e. The predicted molar refractivity (Wildman–Crippen MR) is 94.9 cm³/mol. The number of carbonyl (C=O) groups excluding carboxylic acids is 1. The van der Waals surface area contributed by atoms with Crippen molar-refractivity contribution in [3.05, 3.63) is 29.6 Å². The number of esters is 1. The molecule has 2 saturated heterocycles. The molecular formula is C20H26F2O6. The highest BCUT2D eigenvalue weighted by Crippen LogP contribution is 2.33. The predicted octanol–water partition coefficient (Wildman–Crippen LogP) is 3.68. The SMILES string of the molecule is CCOc1ccc(C2CCC(C(=O)OC3OCC(F)(CC)CO3)CO2)cc1F. The van der Waals surface area contributed by atoms with Crippen LogP contribution in [0.2, 0.25) is 0 Å². The van der Waals surface area contributed by atoms with Crippen molar-refractivity contribution in [1.29, 1.82) is 0 Å². The van der Waals surface area contributed by atoms with E-state index in [2.05, 4.69) is 0 Å². The van der Waals surface area contributed by atoms with Crippen LogP contribution < -0.4 is 4.74 Å². The monoisotopic (exact) mass is 400 g/mol. The van der Waals surface area contributed by atoms with Gasteiger partial charge < -0.3 is 23.7 Å². The quantitative estimate of drug-likeness (QED) is 0.679. The summed E-state index contributed by atoms with van der Waals surface area (Å²) in [6, 6.07) is 4.74. The van der Waals surface area contributed by atoms with Crippen molar-refractivity contribution in [2.24, 2.45) is 5.92 Å². The molecule has 6 nitrogen and oxygen atoms in total. The third-order valence-electron chi connectivity index (χ3n) is 5.04. The summed E-state index contributed by atoms with van der Waals surface area (Å²) in [5.74, 6) is -1.22. The van der Waals surface area contributed by atoms with E-state index in [1.807, 2.05) is 0 Å². The van der Waals surface area contributed by atoms with Gasteiger partial charge in [-0.2, -0.15) is 0 Å². The summed E-state index contributed by atoms with van der Waals surface area (Å²) in [4.78, 5) is 12.3. The number of benzene rings is 1. The minimum atomic E-state index is -1.54. The molecule has 0 spiro atoms. The van der Waals surface area contributed by atoms with Crippen LogP contribution in [-0.2, 0) is 23.7 Å². The molecule has 2 aliphatic rings. The van der Waals surface area contributed by atoms with E-state index < -0.39 is 29.8 Å². The molecule has 0 aliphatic carbocycles. The lowest BCUT2D eigenvalue weighted by molar-refractivity contribution is -0.327. The van der Waals surface area contributed by atoms with Crippen molar-refractivity contribution < 1.29 is 37.3 Å². The highest BCUT2D eigenvalue weighted by Gasteiger charge is 2.38. The van der Waals surface area contributed by atoms with Gasteiger partial charge in [-0.05, 0) is 43.9 Å². The summed E-state index contributed by atoms with van der Waals surface area (Å²) in [7, 11) is 0. The minimum absolute atomic E-state index is 0.146. The second kappa shape index (κ2) is 9.15. The molecule has 2 heterocycles. The molecule has 2 fully saturated rings. The first-order valence-electron chi connectivity index (χ1n) is 9.60. The topological polar surface area (TPSA) is 63.2 Å². The molecule has 0 aromatic heterocycles. The van der Waals surface area contributed by atoms with Gasteiger partial charge in [0.25, 0.3) is 0 Å². The lowest BCUT2D eigenvalue weighted by Crippen LogP contribution is -2.45. The van der Waals surface area contributed by atoms with E-state index in [9.17, 15) is 13.6 Å². The molecule has 28 heavy (non-hydrogen) atoms. The molecule has 2 aliphatic heterocycles. The summed E-state index contributed by atoms with van der Waals surface area (Å²) < 4.78 is 54.4. The summed E-state index contributed by atoms with van der Waals surface area (Å²) >= 11 is 0. The fourth-order valence-corrected chi connectivity index (χ4v) is 3.18. The van der Waals surface area contributed by atoms with E-state index >= 15 is 0 Å². The average molecular weight is 400 g/mol. The van der Waals surface area contributed by atoms with Crippen LogP contribution >= 0.6 is 0 Å². The molecule has 0 N–H and O–H groups in total. The van der Waals surface area contributed by atoms with Gasteiger partial charge in [-0.3, -0.25) is 4.79 Å². The second-order valence-corrected chi connectivity index (χ2v) is 7.07. The van der Waals surface area contributed by atoms with Gasteiger partial charge in [-0.25, -0.2) is 8.78 Å². The molecule has 1 aromatic carbocycles. The number of rotatable bonds is 6. The molecule has 3 rings (SSSR count). The van der Waals surface area contributed by atoms with Crippen molar-refractivity contribution in [3.8, 4) is 5.75 Å². The third-order valence-corrected chi connectivity index (χ3v) is 5.04. The highest BCUT2D eigenvalue weighted by molar-refractivity contribution is 5.72. The van der Waals surface area contributed by atoms with Crippen LogP contribution in [0.3, 0.4) is 0 Å². The smallest absolute Gasteiger partial charge is 0.318 e. The van der Waals surface area contributed by atoms with Crippen LogP contribution in [0.25, 0.3) is 0 Å². The summed E-state index contributed by atoms with van der Waals surface area (Å²) in [6.07, 6.45) is 1.03. The van der Waals surface area contributed by atoms with Crippen LogP contribution in [0.5, 0.6) is 5.75 Å². The van der Waals surface area contributed by atoms with Gasteiger partial charge in [-0.15, -0.1) is 0 Å². The minimum Gasteiger partial charge on any atom is -0.491 e. The summed E-state index contributed by atoms with van der Waals surface area (Å²) in [6.45, 7) is 2.48. The van der Waals surface area contributed by atoms with Gasteiger partial charge in [0, 0.05) is 0 Å². The molecule has 0 bridgehead atoms. The number of alkyl halides is 1. The normalized spacial score (nSPS) is 30.6. The highest BCUT2D eigenvalue weighted by atomic mass is 19.1. The van der Waals surface area contributed by atoms with Crippen molar-refractivity contribution in [3.63, 3.8) is 0 Å². The average Bonchev–Trinajstić information content (AvgIpc) is 2.71. The Balaban J connectivity index is 1.47. The molecule has 1 aromatic rings. The Labute approximate surface area is 163 Å². The van der Waals surface area contributed by atoms with Crippen molar-refractivity contribution in [2.75, 3.05) is 26.4 Å². The van der Waals surface area contributed by atoms with Gasteiger partial charge in [0.05, 0.1) is 38.4 Å². The van der Waals surface area contributed by atoms with Crippen LogP contribution in [0.15, 0.2) is 18.2 Å². The summed E-state index contributed by atoms with van der Waals surface area (Å²) in [5.41, 5.74) is -0.845. The molecular weight excluding hydrogens is 374 g/mol. The Morgan fingerprint density at radius 1 is 1.21 bits per heavy atom. The zero-order valence-electron chi connectivity index (χ0n) is 16.1. The van der Waals surface area contributed by atoms with Gasteiger partial charge >= 0.3 is 12.4 Å². The van der Waals surface area contributed by atoms with E-state index in [-0.39, 0.29) is 38.1 Å². The van der Waals surface area contributed by atoms with Crippen molar-refractivity contribution in [1.82, 2.24) is 0 Å². The number of halogens is 2. The van der Waals surface area contributed by atoms with Gasteiger partial charge in [0.15, 0.2) is 17.2 Å². The first-order chi connectivity index (χ1) is 13.4. The van der Waals surface area contributed by atoms with Gasteiger partial charge in [0.2, 0.25) is 0 Å². The van der Waals surface area contributed by atoms with E-state index in [0.717, 1.165) is 0 Å². The zero-order valence-corrected chi connectivity index (χ0v) is 16.1. The Bertz CT molecular complexity index is 667. The number of ether oxygens (including phenoxy) is 5. The maximum atomic E-state index is 14.0. The second-order valence-electron chi connectivity index (χ2n) is 7.07. The van der Waals surface area contributed by atoms with E-state index in [4.69, 9.17) is 23.7 Å². The first kappa shape index (κ1) is 21.0. The fraction of sp³-hybridized carbons (Fsp3) is 0.650. The molecule has 0 radical (unpaired) electrons. The molecule has 0 amide bonds. The zero-order chi connectivity index (χ0) is 20.1. The fourth-order valence-electron chi connectivity index (χ4n) is 3.18. The Morgan fingerprint density at radius 2 is 1.96 bits per heavy atom. The Hall–Kier alpha value is -1.77. The van der Waals surface area contributed by atoms with Crippen LogP contribution in [-0.4, -0.2) is 44.5 Å². The van der Waals surface area contributed by atoms with E-state index in [0.29, 0.717) is 25.0 Å². The van der Waals surface area contributed by atoms with Crippen LogP contribution in [0.4, 0.5) is 8.78 Å². The Morgan fingerprint density at radius 3 is 2.54 bits per heavy atom. The van der Waals surface area contributed by atoms with Crippen molar-refractivity contribution >= 4 is 5.97 Å². The van der Waals surface area contributed by atoms with Gasteiger partial charge in [-0.1, -0.05) is 13.0 Å². The van der Waals surface area contributed by atoms with Crippen LogP contribution in [0.1, 0.15) is 44.8 Å². The molecule has 2 unspecified atom stereocenters. The maximum absolute atomic E-state index is 14.0. The molecule has 2 atom stereocenters. The molecule has 156 valence electrons. The Kier molecular flexibility index (Phi) is 6.85. The maximum Gasteiger partial charge on any atom is 0.318 e. The van der Waals surface area contributed by atoms with Crippen molar-refractivity contribution in [2.45, 2.75) is 51.4 Å². The number of hydrogen-bond donors (Lipinski definition) is 0. The lowest BCUT2D eigenvalue weighted by atomic mass is 9.94. The standard InChI is InChI=1S/C20H26F2O6/c1-3-20(22)11-26-19(27-12-20)28-18(23)14-6-7-16(25-10-14)13-5-8-17(24-4-2)15(21)9-13/h5,8-9,14,16,19H,3-4,6-7,10-12H2,1-2H3. The van der Waals surface area contributed by atoms with E-state index in [1.54, 1.807) is 26.0 Å².